The van der Waals surface area contributed by atoms with Gasteiger partial charge in [0.2, 0.25) is 11.0 Å². The van der Waals surface area contributed by atoms with Crippen molar-refractivity contribution in [2.75, 3.05) is 49.3 Å². The number of thioether (sulfide) groups is 1. The molecule has 0 radical (unpaired) electrons. The second-order valence-corrected chi connectivity index (χ2v) is 9.17. The molecule has 0 bridgehead atoms. The number of aromatic nitrogens is 3. The van der Waals surface area contributed by atoms with E-state index < -0.39 is 0 Å². The van der Waals surface area contributed by atoms with Crippen LogP contribution in [0.25, 0.3) is 0 Å². The third-order valence-corrected chi connectivity index (χ3v) is 6.91. The number of nitrogens with one attached hydrogen (secondary N) is 1. The van der Waals surface area contributed by atoms with Crippen LogP contribution in [0.1, 0.15) is 16.1 Å². The van der Waals surface area contributed by atoms with Crippen LogP contribution in [0.15, 0.2) is 39.2 Å². The molecule has 3 aromatic rings. The van der Waals surface area contributed by atoms with Gasteiger partial charge in [0.05, 0.1) is 18.4 Å². The molecule has 10 nitrogen and oxygen atoms in total. The largest absolute Gasteiger partial charge is 0.496 e. The van der Waals surface area contributed by atoms with Crippen molar-refractivity contribution in [3.05, 3.63) is 41.7 Å². The minimum Gasteiger partial charge on any atom is -0.496 e. The number of rotatable bonds is 7. The number of benzene rings is 1. The van der Waals surface area contributed by atoms with E-state index in [-0.39, 0.29) is 17.6 Å². The first-order chi connectivity index (χ1) is 15.5. The lowest BCUT2D eigenvalue weighted by Crippen LogP contribution is -2.48. The molecule has 0 saturated carbocycles. The van der Waals surface area contributed by atoms with Gasteiger partial charge in [0.1, 0.15) is 11.5 Å². The maximum atomic E-state index is 12.9. The molecule has 1 aromatic carbocycles. The number of para-hydroxylation sites is 1. The van der Waals surface area contributed by atoms with Gasteiger partial charge in [-0.2, -0.15) is 0 Å². The molecule has 3 heterocycles. The number of hydrogen-bond donors (Lipinski definition) is 1. The molecule has 0 atom stereocenters. The second kappa shape index (κ2) is 10.0. The van der Waals surface area contributed by atoms with E-state index in [9.17, 15) is 9.59 Å². The first-order valence-corrected chi connectivity index (χ1v) is 11.7. The lowest BCUT2D eigenvalue weighted by atomic mass is 10.1. The fourth-order valence-electron chi connectivity index (χ4n) is 3.21. The summed E-state index contributed by atoms with van der Waals surface area (Å²) < 4.78 is 10.9. The van der Waals surface area contributed by atoms with E-state index in [0.29, 0.717) is 53.4 Å². The summed E-state index contributed by atoms with van der Waals surface area (Å²) in [6.07, 6.45) is 0. The number of ether oxygens (including phenoxy) is 1. The van der Waals surface area contributed by atoms with Gasteiger partial charge in [-0.3, -0.25) is 9.59 Å². The van der Waals surface area contributed by atoms with E-state index in [0.717, 1.165) is 5.13 Å². The highest BCUT2D eigenvalue weighted by Crippen LogP contribution is 2.29. The van der Waals surface area contributed by atoms with Crippen LogP contribution in [-0.2, 0) is 4.79 Å². The molecule has 4 rings (SSSR count). The van der Waals surface area contributed by atoms with Crippen molar-refractivity contribution in [1.29, 1.82) is 0 Å². The lowest BCUT2D eigenvalue weighted by Gasteiger charge is -2.34. The maximum absolute atomic E-state index is 12.9. The number of hydrogen-bond acceptors (Lipinski definition) is 10. The number of aryl methyl sites for hydroxylation is 1. The zero-order valence-electron chi connectivity index (χ0n) is 17.6. The Morgan fingerprint density at radius 2 is 2.00 bits per heavy atom. The fourth-order valence-corrected chi connectivity index (χ4v) is 4.91. The zero-order valence-corrected chi connectivity index (χ0v) is 19.2. The van der Waals surface area contributed by atoms with Gasteiger partial charge in [-0.05, 0) is 19.1 Å². The molecule has 1 saturated heterocycles. The van der Waals surface area contributed by atoms with Crippen LogP contribution in [0.5, 0.6) is 5.75 Å². The smallest absolute Gasteiger partial charge is 0.257 e. The Bertz CT molecular complexity index is 1090. The Balaban J connectivity index is 1.27. The van der Waals surface area contributed by atoms with Gasteiger partial charge < -0.3 is 24.4 Å². The molecule has 0 unspecified atom stereocenters. The van der Waals surface area contributed by atoms with Crippen LogP contribution >= 0.6 is 23.1 Å². The number of nitrogens with zero attached hydrogens (tertiary/aromatic N) is 5. The van der Waals surface area contributed by atoms with Crippen molar-refractivity contribution in [1.82, 2.24) is 20.3 Å². The van der Waals surface area contributed by atoms with Crippen LogP contribution in [0.3, 0.4) is 0 Å². The van der Waals surface area contributed by atoms with Gasteiger partial charge in [0.15, 0.2) is 10.2 Å². The molecule has 1 aliphatic heterocycles. The van der Waals surface area contributed by atoms with Crippen LogP contribution < -0.4 is 15.0 Å². The monoisotopic (exact) mass is 474 g/mol. The number of anilines is 2. The van der Waals surface area contributed by atoms with Gasteiger partial charge in [0.25, 0.3) is 5.91 Å². The summed E-state index contributed by atoms with van der Waals surface area (Å²) in [7, 11) is 1.56. The summed E-state index contributed by atoms with van der Waals surface area (Å²) in [6.45, 7) is 4.24. The SMILES string of the molecule is COc1ccccc1C(=O)N1CCN(c2nnc(SCC(=O)Nc3cc(C)on3)s2)CC1. The highest BCUT2D eigenvalue weighted by Gasteiger charge is 2.25. The number of piperazine rings is 1. The predicted octanol–water partition coefficient (Wildman–Crippen LogP) is 2.54. The third kappa shape index (κ3) is 5.19. The fraction of sp³-hybridized carbons (Fsp3) is 0.350. The number of amides is 2. The minimum absolute atomic E-state index is 0.0380. The average Bonchev–Trinajstić information content (AvgIpc) is 3.46. The van der Waals surface area contributed by atoms with Gasteiger partial charge >= 0.3 is 0 Å². The molecule has 1 fully saturated rings. The quantitative estimate of drug-likeness (QED) is 0.516. The summed E-state index contributed by atoms with van der Waals surface area (Å²) in [5, 5.41) is 15.6. The van der Waals surface area contributed by atoms with Crippen molar-refractivity contribution < 1.29 is 18.8 Å². The van der Waals surface area contributed by atoms with Crippen molar-refractivity contribution in [3.63, 3.8) is 0 Å². The predicted molar refractivity (Wildman–Crippen MR) is 122 cm³/mol. The molecular formula is C20H22N6O4S2. The first-order valence-electron chi connectivity index (χ1n) is 9.90. The molecule has 0 spiro atoms. The number of methoxy groups -OCH3 is 1. The van der Waals surface area contributed by atoms with E-state index in [4.69, 9.17) is 9.26 Å². The summed E-state index contributed by atoms with van der Waals surface area (Å²) >= 11 is 2.75. The Morgan fingerprint density at radius 3 is 2.72 bits per heavy atom. The Hall–Kier alpha value is -3.12. The summed E-state index contributed by atoms with van der Waals surface area (Å²) in [5.74, 6) is 1.57. The maximum Gasteiger partial charge on any atom is 0.257 e. The highest BCUT2D eigenvalue weighted by atomic mass is 32.2. The van der Waals surface area contributed by atoms with Gasteiger partial charge in [-0.15, -0.1) is 10.2 Å². The summed E-state index contributed by atoms with van der Waals surface area (Å²) in [4.78, 5) is 28.8. The lowest BCUT2D eigenvalue weighted by molar-refractivity contribution is -0.113. The van der Waals surface area contributed by atoms with Crippen LogP contribution in [0.2, 0.25) is 0 Å². The molecule has 1 aliphatic rings. The van der Waals surface area contributed by atoms with Gasteiger partial charge in [0, 0.05) is 32.2 Å². The van der Waals surface area contributed by atoms with E-state index in [1.54, 1.807) is 32.2 Å². The Labute approximate surface area is 192 Å². The molecule has 32 heavy (non-hydrogen) atoms. The normalized spacial score (nSPS) is 13.8. The topological polar surface area (TPSA) is 114 Å². The summed E-state index contributed by atoms with van der Waals surface area (Å²) in [5.41, 5.74) is 0.567. The molecule has 12 heteroatoms. The van der Waals surface area contributed by atoms with E-state index in [2.05, 4.69) is 25.6 Å². The molecule has 2 amide bonds. The van der Waals surface area contributed by atoms with Crippen LogP contribution in [0, 0.1) is 6.92 Å². The second-order valence-electron chi connectivity index (χ2n) is 6.99. The Morgan fingerprint density at radius 1 is 1.22 bits per heavy atom. The van der Waals surface area contributed by atoms with Crippen LogP contribution in [-0.4, -0.2) is 71.1 Å². The van der Waals surface area contributed by atoms with Crippen molar-refractivity contribution in [2.24, 2.45) is 0 Å². The third-order valence-electron chi connectivity index (χ3n) is 4.79. The van der Waals surface area contributed by atoms with Crippen molar-refractivity contribution in [3.8, 4) is 5.75 Å². The van der Waals surface area contributed by atoms with Crippen molar-refractivity contribution in [2.45, 2.75) is 11.3 Å². The standard InChI is InChI=1S/C20H22N6O4S2/c1-13-11-16(24-30-13)21-17(27)12-31-20-23-22-19(32-20)26-9-7-25(8-10-26)18(28)14-5-3-4-6-15(14)29-2/h3-6,11H,7-10,12H2,1-2H3,(H,21,24,27). The van der Waals surface area contributed by atoms with E-state index in [1.165, 1.54) is 23.1 Å². The molecular weight excluding hydrogens is 452 g/mol. The minimum atomic E-state index is -0.191. The number of carbonyl (C=O) groups is 2. The molecule has 168 valence electrons. The average molecular weight is 475 g/mol. The summed E-state index contributed by atoms with van der Waals surface area (Å²) in [6, 6.07) is 8.90. The molecule has 2 aromatic heterocycles. The van der Waals surface area contributed by atoms with Crippen LogP contribution in [0.4, 0.5) is 10.9 Å². The van der Waals surface area contributed by atoms with E-state index >= 15 is 0 Å². The Kier molecular flexibility index (Phi) is 6.90. The van der Waals surface area contributed by atoms with Crippen molar-refractivity contribution >= 4 is 45.9 Å². The highest BCUT2D eigenvalue weighted by molar-refractivity contribution is 8.01. The number of carbonyl (C=O) groups excluding carboxylic acids is 2. The van der Waals surface area contributed by atoms with E-state index in [1.807, 2.05) is 17.0 Å². The molecule has 0 aliphatic carbocycles. The van der Waals surface area contributed by atoms with Gasteiger partial charge in [-0.25, -0.2) is 0 Å². The molecule has 1 N–H and O–H groups in total. The first kappa shape index (κ1) is 22.1. The zero-order chi connectivity index (χ0) is 22.5. The van der Waals surface area contributed by atoms with Gasteiger partial charge in [-0.1, -0.05) is 40.4 Å².